The lowest BCUT2D eigenvalue weighted by Gasteiger charge is -2.10. The van der Waals surface area contributed by atoms with Crippen molar-refractivity contribution in [2.75, 3.05) is 5.75 Å². The summed E-state index contributed by atoms with van der Waals surface area (Å²) in [4.78, 5) is 16.2. The molecule has 1 N–H and O–H groups in total. The number of pyridine rings is 1. The molecule has 0 aromatic carbocycles. The lowest BCUT2D eigenvalue weighted by Crippen LogP contribution is -2.06. The van der Waals surface area contributed by atoms with Gasteiger partial charge in [0.25, 0.3) is 0 Å². The van der Waals surface area contributed by atoms with Crippen LogP contribution in [0.1, 0.15) is 35.6 Å². The van der Waals surface area contributed by atoms with E-state index in [2.05, 4.69) is 18.8 Å². The molecule has 0 bridgehead atoms. The minimum Gasteiger partial charge on any atom is -0.478 e. The van der Waals surface area contributed by atoms with E-state index in [0.29, 0.717) is 17.2 Å². The molecule has 0 radical (unpaired) electrons. The molecule has 0 saturated carbocycles. The van der Waals surface area contributed by atoms with Crippen molar-refractivity contribution < 1.29 is 9.90 Å². The Kier molecular flexibility index (Phi) is 4.35. The third-order valence-electron chi connectivity index (χ3n) is 2.08. The summed E-state index contributed by atoms with van der Waals surface area (Å²) >= 11 is 1.59. The molecule has 1 heterocycles. The minimum absolute atomic E-state index is 0.344. The summed E-state index contributed by atoms with van der Waals surface area (Å²) in [6.45, 7) is 7.87. The van der Waals surface area contributed by atoms with Crippen LogP contribution in [0.4, 0.5) is 0 Å². The molecular weight excluding hydrogens is 222 g/mol. The first kappa shape index (κ1) is 13.0. The summed E-state index contributed by atoms with van der Waals surface area (Å²) in [5.74, 6) is 0.570. The number of aromatic carboxylic acids is 1. The quantitative estimate of drug-likeness (QED) is 0.820. The second-order valence-corrected chi connectivity index (χ2v) is 5.29. The van der Waals surface area contributed by atoms with Gasteiger partial charge in [-0.15, -0.1) is 11.8 Å². The highest BCUT2D eigenvalue weighted by Crippen LogP contribution is 2.27. The molecule has 0 aliphatic heterocycles. The number of hydrogen-bond donors (Lipinski definition) is 1. The Balaban J connectivity index is 3.09. The average Bonchev–Trinajstić information content (AvgIpc) is 2.12. The van der Waals surface area contributed by atoms with Crippen molar-refractivity contribution >= 4 is 17.7 Å². The van der Waals surface area contributed by atoms with Gasteiger partial charge in [0.1, 0.15) is 0 Å². The zero-order chi connectivity index (χ0) is 12.3. The number of aromatic nitrogens is 1. The van der Waals surface area contributed by atoms with Crippen molar-refractivity contribution in [3.05, 3.63) is 23.0 Å². The lowest BCUT2D eigenvalue weighted by atomic mass is 10.2. The number of carbonyl (C=O) groups is 1. The summed E-state index contributed by atoms with van der Waals surface area (Å²) in [6.07, 6.45) is 0. The van der Waals surface area contributed by atoms with Crippen LogP contribution in [0.5, 0.6) is 0 Å². The summed E-state index contributed by atoms with van der Waals surface area (Å²) in [5, 5.41) is 9.15. The van der Waals surface area contributed by atoms with Crippen LogP contribution in [0.15, 0.2) is 11.0 Å². The summed E-state index contributed by atoms with van der Waals surface area (Å²) in [6, 6.07) is 1.85. The highest BCUT2D eigenvalue weighted by Gasteiger charge is 2.15. The van der Waals surface area contributed by atoms with E-state index >= 15 is 0 Å². The molecule has 0 spiro atoms. The Hall–Kier alpha value is -1.03. The fourth-order valence-electron chi connectivity index (χ4n) is 1.42. The van der Waals surface area contributed by atoms with Crippen LogP contribution >= 0.6 is 11.8 Å². The standard InChI is InChI=1S/C12H17NO2S/c1-7(2)6-16-10-5-8(3)13-9(4)11(10)12(14)15/h5,7H,6H2,1-4H3,(H,14,15). The Morgan fingerprint density at radius 2 is 2.12 bits per heavy atom. The normalized spacial score (nSPS) is 10.8. The van der Waals surface area contributed by atoms with Gasteiger partial charge in [0.05, 0.1) is 11.3 Å². The first-order valence-corrected chi connectivity index (χ1v) is 6.24. The van der Waals surface area contributed by atoms with Crippen LogP contribution < -0.4 is 0 Å². The van der Waals surface area contributed by atoms with Crippen LogP contribution in [-0.2, 0) is 0 Å². The van der Waals surface area contributed by atoms with E-state index in [-0.39, 0.29) is 0 Å². The van der Waals surface area contributed by atoms with Crippen molar-refractivity contribution in [2.24, 2.45) is 5.92 Å². The Bertz CT molecular complexity index is 402. The van der Waals surface area contributed by atoms with Gasteiger partial charge in [-0.2, -0.15) is 0 Å². The number of carboxylic acids is 1. The van der Waals surface area contributed by atoms with Crippen LogP contribution in [0.2, 0.25) is 0 Å². The SMILES string of the molecule is Cc1cc(SCC(C)C)c(C(=O)O)c(C)n1. The summed E-state index contributed by atoms with van der Waals surface area (Å²) < 4.78 is 0. The van der Waals surface area contributed by atoms with Gasteiger partial charge in [-0.1, -0.05) is 13.8 Å². The number of nitrogens with zero attached hydrogens (tertiary/aromatic N) is 1. The lowest BCUT2D eigenvalue weighted by molar-refractivity contribution is 0.0691. The van der Waals surface area contributed by atoms with Gasteiger partial charge in [-0.3, -0.25) is 4.98 Å². The predicted molar refractivity (Wildman–Crippen MR) is 66.2 cm³/mol. The summed E-state index contributed by atoms with van der Waals surface area (Å²) in [5.41, 5.74) is 1.81. The van der Waals surface area contributed by atoms with Crippen LogP contribution in [0.3, 0.4) is 0 Å². The van der Waals surface area contributed by atoms with E-state index in [1.807, 2.05) is 13.0 Å². The number of rotatable bonds is 4. The van der Waals surface area contributed by atoms with Crippen LogP contribution in [0, 0.1) is 19.8 Å². The third-order valence-corrected chi connectivity index (χ3v) is 3.54. The molecule has 0 fully saturated rings. The van der Waals surface area contributed by atoms with Crippen molar-refractivity contribution in [3.63, 3.8) is 0 Å². The highest BCUT2D eigenvalue weighted by molar-refractivity contribution is 7.99. The van der Waals surface area contributed by atoms with Gasteiger partial charge in [0.15, 0.2) is 0 Å². The Morgan fingerprint density at radius 3 is 2.62 bits per heavy atom. The maximum Gasteiger partial charge on any atom is 0.338 e. The van der Waals surface area contributed by atoms with E-state index < -0.39 is 5.97 Å². The van der Waals surface area contributed by atoms with Gasteiger partial charge >= 0.3 is 5.97 Å². The molecule has 0 unspecified atom stereocenters. The molecule has 0 atom stereocenters. The largest absolute Gasteiger partial charge is 0.478 e. The molecule has 0 saturated heterocycles. The van der Waals surface area contributed by atoms with Gasteiger partial charge in [-0.25, -0.2) is 4.79 Å². The van der Waals surface area contributed by atoms with Gasteiger partial charge < -0.3 is 5.11 Å². The monoisotopic (exact) mass is 239 g/mol. The molecule has 0 amide bonds. The Labute approximate surface area is 100 Å². The molecule has 0 aliphatic rings. The first-order chi connectivity index (χ1) is 7.41. The molecular formula is C12H17NO2S. The number of hydrogen-bond acceptors (Lipinski definition) is 3. The van der Waals surface area contributed by atoms with Gasteiger partial charge in [-0.05, 0) is 25.8 Å². The highest BCUT2D eigenvalue weighted by atomic mass is 32.2. The summed E-state index contributed by atoms with van der Waals surface area (Å²) in [7, 11) is 0. The molecule has 16 heavy (non-hydrogen) atoms. The van der Waals surface area contributed by atoms with E-state index in [1.54, 1.807) is 18.7 Å². The van der Waals surface area contributed by atoms with E-state index in [9.17, 15) is 4.79 Å². The average molecular weight is 239 g/mol. The maximum absolute atomic E-state index is 11.1. The number of carboxylic acid groups (broad SMARTS) is 1. The van der Waals surface area contributed by atoms with Crippen molar-refractivity contribution in [1.82, 2.24) is 4.98 Å². The third kappa shape index (κ3) is 3.23. The fourth-order valence-corrected chi connectivity index (χ4v) is 2.57. The van der Waals surface area contributed by atoms with Crippen LogP contribution in [-0.4, -0.2) is 21.8 Å². The Morgan fingerprint density at radius 1 is 1.50 bits per heavy atom. The number of thioether (sulfide) groups is 1. The maximum atomic E-state index is 11.1. The second-order valence-electron chi connectivity index (χ2n) is 4.23. The van der Waals surface area contributed by atoms with Gasteiger partial charge in [0, 0.05) is 16.3 Å². The van der Waals surface area contributed by atoms with Crippen molar-refractivity contribution in [1.29, 1.82) is 0 Å². The topological polar surface area (TPSA) is 50.2 Å². The van der Waals surface area contributed by atoms with Crippen molar-refractivity contribution in [3.8, 4) is 0 Å². The van der Waals surface area contributed by atoms with E-state index in [0.717, 1.165) is 16.3 Å². The molecule has 0 aliphatic carbocycles. The zero-order valence-electron chi connectivity index (χ0n) is 10.1. The molecule has 4 heteroatoms. The molecule has 88 valence electrons. The van der Waals surface area contributed by atoms with Crippen LogP contribution in [0.25, 0.3) is 0 Å². The predicted octanol–water partition coefficient (Wildman–Crippen LogP) is 3.14. The fraction of sp³-hybridized carbons (Fsp3) is 0.500. The van der Waals surface area contributed by atoms with E-state index in [1.165, 1.54) is 0 Å². The number of aryl methyl sites for hydroxylation is 2. The zero-order valence-corrected chi connectivity index (χ0v) is 10.9. The molecule has 1 aromatic heterocycles. The molecule has 1 aromatic rings. The first-order valence-electron chi connectivity index (χ1n) is 5.26. The molecule has 1 rings (SSSR count). The minimum atomic E-state index is -0.892. The van der Waals surface area contributed by atoms with E-state index in [4.69, 9.17) is 5.11 Å². The smallest absolute Gasteiger partial charge is 0.338 e. The van der Waals surface area contributed by atoms with Gasteiger partial charge in [0.2, 0.25) is 0 Å². The second kappa shape index (κ2) is 5.34. The van der Waals surface area contributed by atoms with Crippen molar-refractivity contribution in [2.45, 2.75) is 32.6 Å². The molecule has 3 nitrogen and oxygen atoms in total.